The van der Waals surface area contributed by atoms with Gasteiger partial charge in [0.1, 0.15) is 5.52 Å². The number of H-pyrrole nitrogens is 1. The molecule has 0 saturated heterocycles. The minimum absolute atomic E-state index is 0.0561. The Hall–Kier alpha value is -3.10. The summed E-state index contributed by atoms with van der Waals surface area (Å²) in [6, 6.07) is 8.17. The number of halogens is 3. The third kappa shape index (κ3) is 2.25. The maximum atomic E-state index is 13.0. The van der Waals surface area contributed by atoms with Crippen LogP contribution in [0.25, 0.3) is 21.9 Å². The molecule has 3 heterocycles. The van der Waals surface area contributed by atoms with Crippen LogP contribution in [0.3, 0.4) is 0 Å². The summed E-state index contributed by atoms with van der Waals surface area (Å²) in [5, 5.41) is 13.7. The molecular formula is C15H11F3N6. The second-order valence-corrected chi connectivity index (χ2v) is 5.30. The smallest absolute Gasteiger partial charge is 0.337 e. The zero-order valence-electron chi connectivity index (χ0n) is 12.4. The molecule has 0 spiro atoms. The molecule has 24 heavy (non-hydrogen) atoms. The third-order valence-electron chi connectivity index (χ3n) is 3.70. The van der Waals surface area contributed by atoms with Crippen LogP contribution in [0.4, 0.5) is 24.7 Å². The number of rotatable bonds is 2. The van der Waals surface area contributed by atoms with Crippen molar-refractivity contribution in [2.45, 2.75) is 6.18 Å². The standard InChI is InChI=1S/C15H11F3N6/c1-24-11-7-8(4-5-9(11)13(23-24)15(16,17)18)20-14-12-10(21-22-14)3-2-6-19-12/h2-7H,1H3,(H2,20,21,22). The normalized spacial score (nSPS) is 12.2. The first-order valence-electron chi connectivity index (χ1n) is 7.03. The fourth-order valence-electron chi connectivity index (χ4n) is 2.62. The second-order valence-electron chi connectivity index (χ2n) is 5.30. The average Bonchev–Trinajstić information content (AvgIpc) is 3.09. The molecule has 0 aliphatic heterocycles. The number of fused-ring (bicyclic) bond motifs is 2. The molecule has 0 radical (unpaired) electrons. The molecule has 0 amide bonds. The highest BCUT2D eigenvalue weighted by Gasteiger charge is 2.36. The Morgan fingerprint density at radius 2 is 2.04 bits per heavy atom. The molecule has 4 rings (SSSR count). The number of aromatic amines is 1. The Labute approximate surface area is 133 Å². The zero-order valence-corrected chi connectivity index (χ0v) is 12.4. The van der Waals surface area contributed by atoms with Crippen LogP contribution in [0.15, 0.2) is 36.5 Å². The number of aromatic nitrogens is 5. The van der Waals surface area contributed by atoms with Crippen LogP contribution in [0, 0.1) is 0 Å². The predicted molar refractivity (Wildman–Crippen MR) is 82.9 cm³/mol. The van der Waals surface area contributed by atoms with Gasteiger partial charge in [0.15, 0.2) is 11.5 Å². The van der Waals surface area contributed by atoms with Gasteiger partial charge in [-0.15, -0.1) is 0 Å². The second kappa shape index (κ2) is 4.95. The number of aryl methyl sites for hydroxylation is 1. The molecule has 2 N–H and O–H groups in total. The van der Waals surface area contributed by atoms with E-state index in [-0.39, 0.29) is 5.39 Å². The van der Waals surface area contributed by atoms with E-state index in [1.54, 1.807) is 24.4 Å². The lowest BCUT2D eigenvalue weighted by atomic mass is 10.2. The molecule has 0 aliphatic rings. The maximum Gasteiger partial charge on any atom is 0.435 e. The summed E-state index contributed by atoms with van der Waals surface area (Å²) in [6.45, 7) is 0. The van der Waals surface area contributed by atoms with Crippen LogP contribution >= 0.6 is 0 Å². The molecule has 4 aromatic rings. The van der Waals surface area contributed by atoms with Gasteiger partial charge in [-0.3, -0.25) is 14.8 Å². The van der Waals surface area contributed by atoms with Gasteiger partial charge in [0, 0.05) is 24.3 Å². The number of alkyl halides is 3. The van der Waals surface area contributed by atoms with Gasteiger partial charge in [0.05, 0.1) is 11.0 Å². The van der Waals surface area contributed by atoms with Crippen molar-refractivity contribution in [2.24, 2.45) is 7.05 Å². The number of benzene rings is 1. The highest BCUT2D eigenvalue weighted by Crippen LogP contribution is 2.35. The van der Waals surface area contributed by atoms with Crippen LogP contribution in [-0.4, -0.2) is 25.0 Å². The van der Waals surface area contributed by atoms with Gasteiger partial charge in [-0.2, -0.15) is 23.4 Å². The highest BCUT2D eigenvalue weighted by molar-refractivity contribution is 5.90. The van der Waals surface area contributed by atoms with Crippen LogP contribution in [-0.2, 0) is 13.2 Å². The average molecular weight is 332 g/mol. The first-order chi connectivity index (χ1) is 11.4. The van der Waals surface area contributed by atoms with Crippen LogP contribution in [0.2, 0.25) is 0 Å². The molecule has 0 aliphatic carbocycles. The van der Waals surface area contributed by atoms with Gasteiger partial charge < -0.3 is 5.32 Å². The highest BCUT2D eigenvalue weighted by atomic mass is 19.4. The van der Waals surface area contributed by atoms with E-state index in [1.807, 2.05) is 6.07 Å². The zero-order chi connectivity index (χ0) is 16.9. The minimum Gasteiger partial charge on any atom is -0.337 e. The molecule has 122 valence electrons. The number of hydrogen-bond donors (Lipinski definition) is 2. The Bertz CT molecular complexity index is 1050. The SMILES string of the molecule is Cn1nc(C(F)(F)F)c2ccc(Nc3n[nH]c4cccnc34)cc21. The van der Waals surface area contributed by atoms with Crippen molar-refractivity contribution < 1.29 is 13.2 Å². The van der Waals surface area contributed by atoms with Crippen LogP contribution in [0.1, 0.15) is 5.69 Å². The molecule has 9 heteroatoms. The molecule has 3 aromatic heterocycles. The van der Waals surface area contributed by atoms with Crippen molar-refractivity contribution in [2.75, 3.05) is 5.32 Å². The lowest BCUT2D eigenvalue weighted by Crippen LogP contribution is -2.06. The van der Waals surface area contributed by atoms with E-state index >= 15 is 0 Å². The van der Waals surface area contributed by atoms with Crippen molar-refractivity contribution >= 4 is 33.4 Å². The summed E-state index contributed by atoms with van der Waals surface area (Å²) in [4.78, 5) is 4.23. The Balaban J connectivity index is 1.77. The number of hydrogen-bond acceptors (Lipinski definition) is 4. The Morgan fingerprint density at radius 3 is 2.83 bits per heavy atom. The van der Waals surface area contributed by atoms with E-state index in [0.717, 1.165) is 5.52 Å². The summed E-state index contributed by atoms with van der Waals surface area (Å²) in [5.41, 5.74) is 1.50. The summed E-state index contributed by atoms with van der Waals surface area (Å²) >= 11 is 0. The molecule has 0 atom stereocenters. The lowest BCUT2D eigenvalue weighted by Gasteiger charge is -2.05. The van der Waals surface area contributed by atoms with Crippen molar-refractivity contribution in [1.82, 2.24) is 25.0 Å². The largest absolute Gasteiger partial charge is 0.435 e. The summed E-state index contributed by atoms with van der Waals surface area (Å²) in [7, 11) is 1.48. The quantitative estimate of drug-likeness (QED) is 0.588. The maximum absolute atomic E-state index is 13.0. The molecule has 0 saturated carbocycles. The van der Waals surface area contributed by atoms with Gasteiger partial charge in [0.25, 0.3) is 0 Å². The minimum atomic E-state index is -4.49. The first kappa shape index (κ1) is 14.5. The molecule has 0 unspecified atom stereocenters. The van der Waals surface area contributed by atoms with Crippen LogP contribution in [0.5, 0.6) is 0 Å². The van der Waals surface area contributed by atoms with E-state index in [0.29, 0.717) is 22.5 Å². The Kier molecular flexibility index (Phi) is 2.99. The van der Waals surface area contributed by atoms with Crippen LogP contribution < -0.4 is 5.32 Å². The molecule has 0 bridgehead atoms. The molecule has 0 fully saturated rings. The van der Waals surface area contributed by atoms with E-state index in [4.69, 9.17) is 0 Å². The summed E-state index contributed by atoms with van der Waals surface area (Å²) < 4.78 is 40.2. The number of nitrogens with zero attached hydrogens (tertiary/aromatic N) is 4. The first-order valence-corrected chi connectivity index (χ1v) is 7.03. The Morgan fingerprint density at radius 1 is 1.21 bits per heavy atom. The van der Waals surface area contributed by atoms with Crippen molar-refractivity contribution in [3.05, 3.63) is 42.2 Å². The van der Waals surface area contributed by atoms with Gasteiger partial charge in [-0.25, -0.2) is 0 Å². The van der Waals surface area contributed by atoms with E-state index in [1.165, 1.54) is 17.8 Å². The fourth-order valence-corrected chi connectivity index (χ4v) is 2.62. The van der Waals surface area contributed by atoms with Gasteiger partial charge >= 0.3 is 6.18 Å². The van der Waals surface area contributed by atoms with Crippen molar-refractivity contribution in [3.8, 4) is 0 Å². The van der Waals surface area contributed by atoms with Gasteiger partial charge in [0.2, 0.25) is 0 Å². The van der Waals surface area contributed by atoms with Gasteiger partial charge in [-0.05, 0) is 30.3 Å². The van der Waals surface area contributed by atoms with Gasteiger partial charge in [-0.1, -0.05) is 0 Å². The van der Waals surface area contributed by atoms with Crippen molar-refractivity contribution in [1.29, 1.82) is 0 Å². The molecule has 1 aromatic carbocycles. The summed E-state index contributed by atoms with van der Waals surface area (Å²) in [6.07, 6.45) is -2.85. The fraction of sp³-hybridized carbons (Fsp3) is 0.133. The summed E-state index contributed by atoms with van der Waals surface area (Å²) in [5.74, 6) is 0.503. The predicted octanol–water partition coefficient (Wildman–Crippen LogP) is 3.61. The topological polar surface area (TPSA) is 71.4 Å². The van der Waals surface area contributed by atoms with E-state index in [2.05, 4.69) is 25.6 Å². The molecule has 6 nitrogen and oxygen atoms in total. The monoisotopic (exact) mass is 332 g/mol. The van der Waals surface area contributed by atoms with E-state index < -0.39 is 11.9 Å². The van der Waals surface area contributed by atoms with E-state index in [9.17, 15) is 13.2 Å². The third-order valence-corrected chi connectivity index (χ3v) is 3.70. The molecular weight excluding hydrogens is 321 g/mol. The lowest BCUT2D eigenvalue weighted by molar-refractivity contribution is -0.140. The van der Waals surface area contributed by atoms with Crippen molar-refractivity contribution in [3.63, 3.8) is 0 Å². The number of anilines is 2. The number of pyridine rings is 1. The number of nitrogens with one attached hydrogen (secondary N) is 2.